The van der Waals surface area contributed by atoms with Crippen LogP contribution in [0.15, 0.2) is 63.7 Å². The van der Waals surface area contributed by atoms with Crippen LogP contribution in [0.25, 0.3) is 11.1 Å². The van der Waals surface area contributed by atoms with Crippen molar-refractivity contribution < 1.29 is 23.1 Å². The summed E-state index contributed by atoms with van der Waals surface area (Å²) >= 11 is 2.37. The third-order valence-electron chi connectivity index (χ3n) is 4.91. The first-order chi connectivity index (χ1) is 15.7. The van der Waals surface area contributed by atoms with Crippen LogP contribution in [0.1, 0.15) is 27.9 Å². The lowest BCUT2D eigenvalue weighted by Gasteiger charge is -2.23. The summed E-state index contributed by atoms with van der Waals surface area (Å²) in [4.78, 5) is 11.5. The Balaban J connectivity index is 2.22. The monoisotopic (exact) mass is 504 g/mol. The van der Waals surface area contributed by atoms with Crippen molar-refractivity contribution in [2.75, 3.05) is 12.9 Å². The average Bonchev–Trinajstić information content (AvgIpc) is 3.23. The number of benzene rings is 2. The Kier molecular flexibility index (Phi) is 7.96. The molecule has 4 N–H and O–H groups in total. The Morgan fingerprint density at radius 2 is 1.91 bits per heavy atom. The zero-order valence-electron chi connectivity index (χ0n) is 18.1. The molecule has 1 unspecified atom stereocenters. The van der Waals surface area contributed by atoms with E-state index in [9.17, 15) is 13.2 Å². The summed E-state index contributed by atoms with van der Waals surface area (Å²) in [5, 5.41) is 16.8. The highest BCUT2D eigenvalue weighted by molar-refractivity contribution is 8.01. The van der Waals surface area contributed by atoms with E-state index in [2.05, 4.69) is 0 Å². The third kappa shape index (κ3) is 5.47. The van der Waals surface area contributed by atoms with E-state index in [0.29, 0.717) is 14.6 Å². The quantitative estimate of drug-likeness (QED) is 0.207. The minimum Gasteiger partial charge on any atom is -0.481 e. The van der Waals surface area contributed by atoms with Gasteiger partial charge in [-0.3, -0.25) is 10.2 Å². The molecule has 0 amide bonds. The van der Waals surface area contributed by atoms with Crippen molar-refractivity contribution in [1.82, 2.24) is 0 Å². The molecule has 0 spiro atoms. The van der Waals surface area contributed by atoms with Gasteiger partial charge in [0, 0.05) is 5.56 Å². The maximum absolute atomic E-state index is 13.9. The average molecular weight is 505 g/mol. The van der Waals surface area contributed by atoms with E-state index in [1.54, 1.807) is 18.4 Å². The maximum atomic E-state index is 13.9. The van der Waals surface area contributed by atoms with Crippen molar-refractivity contribution in [2.45, 2.75) is 27.9 Å². The molecule has 1 aromatic heterocycles. The zero-order valence-corrected chi connectivity index (χ0v) is 20.5. The summed E-state index contributed by atoms with van der Waals surface area (Å²) in [5.41, 5.74) is 7.00. The predicted octanol–water partition coefficient (Wildman–Crippen LogP) is 4.69. The highest BCUT2D eigenvalue weighted by Gasteiger charge is 2.35. The van der Waals surface area contributed by atoms with Crippen molar-refractivity contribution in [3.8, 4) is 11.1 Å². The molecule has 0 radical (unpaired) electrons. The Morgan fingerprint density at radius 3 is 2.52 bits per heavy atom. The zero-order chi connectivity index (χ0) is 24.2. The lowest BCUT2D eigenvalue weighted by molar-refractivity contribution is -0.138. The number of ether oxygens (including phenoxy) is 1. The van der Waals surface area contributed by atoms with Crippen molar-refractivity contribution in [1.29, 1.82) is 5.41 Å². The number of hydrogen-bond donors (Lipinski definition) is 3. The number of nitrogens with two attached hydrogens (primary N) is 1. The van der Waals surface area contributed by atoms with E-state index in [4.69, 9.17) is 21.0 Å². The van der Waals surface area contributed by atoms with Gasteiger partial charge in [0.25, 0.3) is 0 Å². The molecule has 174 valence electrons. The lowest BCUT2D eigenvalue weighted by Crippen LogP contribution is -2.20. The van der Waals surface area contributed by atoms with Crippen LogP contribution in [0.3, 0.4) is 0 Å². The van der Waals surface area contributed by atoms with Gasteiger partial charge < -0.3 is 15.6 Å². The molecule has 0 bridgehead atoms. The summed E-state index contributed by atoms with van der Waals surface area (Å²) in [6.07, 6.45) is 1.41. The number of carboxylic acid groups (broad SMARTS) is 1. The molecule has 3 rings (SSSR count). The van der Waals surface area contributed by atoms with E-state index in [0.717, 1.165) is 28.0 Å². The molecular weight excluding hydrogens is 480 g/mol. The van der Waals surface area contributed by atoms with Gasteiger partial charge in [0.2, 0.25) is 9.84 Å². The summed E-state index contributed by atoms with van der Waals surface area (Å²) in [5.74, 6) is -1.31. The number of aryl methyl sites for hydroxylation is 1. The Labute approximate surface area is 201 Å². The molecule has 0 aliphatic rings. The smallest absolute Gasteiger partial charge is 0.305 e. The minimum absolute atomic E-state index is 0.0195. The molecule has 1 heterocycles. The number of carboxylic acids is 1. The van der Waals surface area contributed by atoms with Crippen molar-refractivity contribution in [3.63, 3.8) is 0 Å². The van der Waals surface area contributed by atoms with Crippen molar-refractivity contribution >= 4 is 44.7 Å². The molecule has 0 aliphatic heterocycles. The van der Waals surface area contributed by atoms with Gasteiger partial charge in [-0.1, -0.05) is 48.5 Å². The number of nitrogen functional groups attached to an aromatic ring is 1. The molecule has 0 saturated heterocycles. The van der Waals surface area contributed by atoms with Gasteiger partial charge in [-0.05, 0) is 35.9 Å². The third-order valence-corrected chi connectivity index (χ3v) is 9.36. The number of amidine groups is 1. The van der Waals surface area contributed by atoms with E-state index < -0.39 is 21.2 Å². The van der Waals surface area contributed by atoms with Gasteiger partial charge in [0.05, 0.1) is 27.0 Å². The van der Waals surface area contributed by atoms with E-state index >= 15 is 0 Å². The van der Waals surface area contributed by atoms with Crippen LogP contribution >= 0.6 is 23.1 Å². The molecule has 3 aromatic rings. The number of hydrogen-bond acceptors (Lipinski definition) is 7. The van der Waals surface area contributed by atoms with Gasteiger partial charge in [0.1, 0.15) is 5.84 Å². The van der Waals surface area contributed by atoms with Crippen LogP contribution < -0.4 is 5.73 Å². The second-order valence-corrected chi connectivity index (χ2v) is 11.3. The van der Waals surface area contributed by atoms with Gasteiger partial charge in [-0.25, -0.2) is 8.42 Å². The Bertz CT molecular complexity index is 1270. The van der Waals surface area contributed by atoms with Gasteiger partial charge in [-0.15, -0.1) is 23.1 Å². The molecule has 7 nitrogen and oxygen atoms in total. The topological polar surface area (TPSA) is 131 Å². The van der Waals surface area contributed by atoms with Crippen LogP contribution in [0.2, 0.25) is 0 Å². The first-order valence-electron chi connectivity index (χ1n) is 9.91. The first kappa shape index (κ1) is 25.0. The Hall–Kier alpha value is -2.66. The SMILES string of the molecule is CSc1sc(C(=N)N)cc1S(=O)(=O)C(OCCC(=O)O)c1cccc(C)c1-c1ccccc1. The van der Waals surface area contributed by atoms with Crippen LogP contribution in [-0.2, 0) is 19.4 Å². The van der Waals surface area contributed by atoms with Gasteiger partial charge in [0.15, 0.2) is 5.44 Å². The van der Waals surface area contributed by atoms with Crippen LogP contribution in [0.5, 0.6) is 0 Å². The van der Waals surface area contributed by atoms with Crippen LogP contribution in [-0.4, -0.2) is 38.2 Å². The molecule has 1 atom stereocenters. The second kappa shape index (κ2) is 10.5. The molecule has 0 fully saturated rings. The number of nitrogens with one attached hydrogen (secondary N) is 1. The maximum Gasteiger partial charge on any atom is 0.305 e. The Morgan fingerprint density at radius 1 is 1.21 bits per heavy atom. The number of thioether (sulfide) groups is 1. The normalized spacial score (nSPS) is 12.4. The number of carbonyl (C=O) groups is 1. The summed E-state index contributed by atoms with van der Waals surface area (Å²) in [7, 11) is -4.13. The van der Waals surface area contributed by atoms with Crippen LogP contribution in [0, 0.1) is 12.3 Å². The highest BCUT2D eigenvalue weighted by atomic mass is 32.2. The van der Waals surface area contributed by atoms with Crippen molar-refractivity contribution in [3.05, 3.63) is 70.6 Å². The number of aliphatic carboxylic acids is 1. The summed E-state index contributed by atoms with van der Waals surface area (Å²) in [6.45, 7) is 1.61. The largest absolute Gasteiger partial charge is 0.481 e. The fourth-order valence-electron chi connectivity index (χ4n) is 3.43. The molecular formula is C23H24N2O5S3. The second-order valence-electron chi connectivity index (χ2n) is 7.18. The molecule has 2 aromatic carbocycles. The summed E-state index contributed by atoms with van der Waals surface area (Å²) < 4.78 is 34.1. The summed E-state index contributed by atoms with van der Waals surface area (Å²) in [6, 6.07) is 16.1. The minimum atomic E-state index is -4.13. The van der Waals surface area contributed by atoms with E-state index in [1.807, 2.05) is 43.3 Å². The van der Waals surface area contributed by atoms with Crippen molar-refractivity contribution in [2.24, 2.45) is 5.73 Å². The van der Waals surface area contributed by atoms with E-state index in [1.165, 1.54) is 17.8 Å². The molecule has 10 heteroatoms. The first-order valence-corrected chi connectivity index (χ1v) is 13.5. The van der Waals surface area contributed by atoms with Gasteiger partial charge in [-0.2, -0.15) is 0 Å². The fourth-order valence-corrected chi connectivity index (χ4v) is 7.64. The predicted molar refractivity (Wildman–Crippen MR) is 132 cm³/mol. The number of sulfone groups is 1. The van der Waals surface area contributed by atoms with E-state index in [-0.39, 0.29) is 23.8 Å². The molecule has 0 saturated carbocycles. The van der Waals surface area contributed by atoms with Gasteiger partial charge >= 0.3 is 5.97 Å². The van der Waals surface area contributed by atoms with Crippen LogP contribution in [0.4, 0.5) is 0 Å². The number of thiophene rings is 1. The molecule has 0 aliphatic carbocycles. The molecule has 33 heavy (non-hydrogen) atoms. The number of rotatable bonds is 10. The lowest BCUT2D eigenvalue weighted by atomic mass is 9.95. The standard InChI is InChI=1S/C23H24N2O5S3/c1-14-7-6-10-16(20(14)15-8-4-3-5-9-15)22(30-12-11-19(26)27)33(28,29)18-13-17(21(24)25)32-23(18)31-2/h3-10,13,22H,11-12H2,1-2H3,(H3,24,25)(H,26,27). The fraction of sp³-hybridized carbons (Fsp3) is 0.217. The highest BCUT2D eigenvalue weighted by Crippen LogP contribution is 2.43.